The number of carbonyl (C=O) groups excluding carboxylic acids is 1. The van der Waals surface area contributed by atoms with Gasteiger partial charge in [0.25, 0.3) is 5.91 Å². The fourth-order valence-electron chi connectivity index (χ4n) is 2.61. The Hall–Kier alpha value is -2.26. The van der Waals surface area contributed by atoms with Gasteiger partial charge in [-0.15, -0.1) is 0 Å². The quantitative estimate of drug-likeness (QED) is 0.281. The minimum atomic E-state index is -0.136. The summed E-state index contributed by atoms with van der Waals surface area (Å²) in [4.78, 5) is 16.8. The van der Waals surface area contributed by atoms with Crippen LogP contribution in [0.25, 0.3) is 0 Å². The molecule has 0 bridgehead atoms. The third kappa shape index (κ3) is 5.43. The largest absolute Gasteiger partial charge is 0.352 e. The van der Waals surface area contributed by atoms with Gasteiger partial charge in [0.05, 0.1) is 11.3 Å². The number of carbonyl (C=O) groups is 1. The molecule has 6 heteroatoms. The van der Waals surface area contributed by atoms with Crippen LogP contribution in [0.4, 0.5) is 5.69 Å². The Morgan fingerprint density at radius 3 is 2.92 bits per heavy atom. The normalized spacial score (nSPS) is 14.5. The van der Waals surface area contributed by atoms with E-state index in [9.17, 15) is 4.79 Å². The molecule has 0 fully saturated rings. The zero-order valence-corrected chi connectivity index (χ0v) is 14.7. The molecular formula is C18H22N4OS. The van der Waals surface area contributed by atoms with E-state index in [0.717, 1.165) is 19.3 Å². The fourth-order valence-corrected chi connectivity index (χ4v) is 2.95. The molecule has 24 heavy (non-hydrogen) atoms. The van der Waals surface area contributed by atoms with E-state index in [-0.39, 0.29) is 5.91 Å². The number of amidine groups is 1. The number of rotatable bonds is 5. The number of aliphatic imine (C=N–C) groups is 1. The summed E-state index contributed by atoms with van der Waals surface area (Å²) in [6.07, 6.45) is 11.7. The van der Waals surface area contributed by atoms with Crippen LogP contribution in [0, 0.1) is 11.5 Å². The maximum absolute atomic E-state index is 12.4. The van der Waals surface area contributed by atoms with E-state index in [0.29, 0.717) is 23.0 Å². The van der Waals surface area contributed by atoms with Crippen molar-refractivity contribution in [1.82, 2.24) is 10.6 Å². The van der Waals surface area contributed by atoms with Crippen molar-refractivity contribution >= 4 is 28.5 Å². The number of para-hydroxylation sites is 1. The topological polar surface area (TPSA) is 77.3 Å². The van der Waals surface area contributed by atoms with Crippen molar-refractivity contribution in [3.8, 4) is 6.19 Å². The molecule has 0 spiro atoms. The molecule has 2 N–H and O–H groups in total. The third-order valence-corrected chi connectivity index (χ3v) is 4.42. The van der Waals surface area contributed by atoms with Gasteiger partial charge in [-0.3, -0.25) is 10.1 Å². The van der Waals surface area contributed by atoms with E-state index in [4.69, 9.17) is 5.26 Å². The van der Waals surface area contributed by atoms with Gasteiger partial charge in [-0.25, -0.2) is 4.99 Å². The standard InChI is InChI=1S/C18H22N4OS/c1-24-18(21-13-19)22-16-10-6-5-9-15(16)17(23)20-12-11-14-7-3-2-4-8-14/h5-7,9-10H,2-4,8,11-12H2,1H3,(H,20,23)(H,21,22). The molecule has 0 saturated heterocycles. The first-order valence-electron chi connectivity index (χ1n) is 8.07. The van der Waals surface area contributed by atoms with Gasteiger partial charge in [0.15, 0.2) is 11.4 Å². The molecule has 0 atom stereocenters. The minimum absolute atomic E-state index is 0.136. The summed E-state index contributed by atoms with van der Waals surface area (Å²) in [7, 11) is 0. The van der Waals surface area contributed by atoms with E-state index < -0.39 is 0 Å². The average Bonchev–Trinajstić information content (AvgIpc) is 2.62. The van der Waals surface area contributed by atoms with Crippen LogP contribution in [0.2, 0.25) is 0 Å². The predicted molar refractivity (Wildman–Crippen MR) is 99.3 cm³/mol. The zero-order chi connectivity index (χ0) is 17.2. The summed E-state index contributed by atoms with van der Waals surface area (Å²) < 4.78 is 0. The van der Waals surface area contributed by atoms with Crippen molar-refractivity contribution in [3.63, 3.8) is 0 Å². The molecule has 5 nitrogen and oxygen atoms in total. The second-order valence-corrected chi connectivity index (χ2v) is 6.28. The van der Waals surface area contributed by atoms with Crippen molar-refractivity contribution in [3.05, 3.63) is 41.5 Å². The van der Waals surface area contributed by atoms with Crippen LogP contribution in [-0.4, -0.2) is 23.9 Å². The summed E-state index contributed by atoms with van der Waals surface area (Å²) >= 11 is 1.32. The van der Waals surface area contributed by atoms with E-state index in [1.54, 1.807) is 12.1 Å². The van der Waals surface area contributed by atoms with E-state index >= 15 is 0 Å². The van der Waals surface area contributed by atoms with Gasteiger partial charge in [0.2, 0.25) is 0 Å². The van der Waals surface area contributed by atoms with Gasteiger partial charge in [-0.2, -0.15) is 5.26 Å². The zero-order valence-electron chi connectivity index (χ0n) is 13.8. The number of hydrogen-bond donors (Lipinski definition) is 2. The Kier molecular flexibility index (Phi) is 7.37. The molecule has 0 aromatic heterocycles. The number of hydrogen-bond acceptors (Lipinski definition) is 4. The summed E-state index contributed by atoms with van der Waals surface area (Å²) in [5, 5.41) is 14.7. The molecule has 0 radical (unpaired) electrons. The number of nitrogens with zero attached hydrogens (tertiary/aromatic N) is 2. The highest BCUT2D eigenvalue weighted by atomic mass is 32.2. The van der Waals surface area contributed by atoms with Crippen molar-refractivity contribution in [2.24, 2.45) is 4.99 Å². The van der Waals surface area contributed by atoms with Crippen LogP contribution in [0.5, 0.6) is 0 Å². The van der Waals surface area contributed by atoms with Crippen molar-refractivity contribution in [2.75, 3.05) is 12.8 Å². The monoisotopic (exact) mass is 342 g/mol. The third-order valence-electron chi connectivity index (χ3n) is 3.84. The number of nitrogens with one attached hydrogen (secondary N) is 2. The Morgan fingerprint density at radius 1 is 1.38 bits per heavy atom. The molecule has 1 aromatic carbocycles. The maximum atomic E-state index is 12.4. The first-order valence-corrected chi connectivity index (χ1v) is 9.30. The lowest BCUT2D eigenvalue weighted by atomic mass is 9.97. The van der Waals surface area contributed by atoms with Crippen LogP contribution in [-0.2, 0) is 0 Å². The number of benzene rings is 1. The Labute approximate surface area is 147 Å². The van der Waals surface area contributed by atoms with E-state index in [2.05, 4.69) is 21.7 Å². The van der Waals surface area contributed by atoms with Crippen molar-refractivity contribution in [1.29, 1.82) is 5.26 Å². The molecule has 0 unspecified atom stereocenters. The van der Waals surface area contributed by atoms with Crippen LogP contribution in [0.15, 0.2) is 40.9 Å². The SMILES string of the molecule is CSC(=Nc1ccccc1C(=O)NCCC1=CCCCC1)NC#N. The lowest BCUT2D eigenvalue weighted by Crippen LogP contribution is -2.25. The lowest BCUT2D eigenvalue weighted by Gasteiger charge is -2.13. The summed E-state index contributed by atoms with van der Waals surface area (Å²) in [5.74, 6) is -0.136. The van der Waals surface area contributed by atoms with Crippen LogP contribution in [0.1, 0.15) is 42.5 Å². The van der Waals surface area contributed by atoms with Gasteiger partial charge >= 0.3 is 0 Å². The first kappa shape index (κ1) is 18.1. The predicted octanol–water partition coefficient (Wildman–Crippen LogP) is 3.73. The highest BCUT2D eigenvalue weighted by molar-refractivity contribution is 8.13. The van der Waals surface area contributed by atoms with Gasteiger partial charge in [0.1, 0.15) is 0 Å². The Bertz CT molecular complexity index is 676. The lowest BCUT2D eigenvalue weighted by molar-refractivity contribution is 0.0955. The highest BCUT2D eigenvalue weighted by Crippen LogP contribution is 2.21. The summed E-state index contributed by atoms with van der Waals surface area (Å²) in [6.45, 7) is 0.633. The number of allylic oxidation sites excluding steroid dienone is 1. The molecule has 0 aliphatic heterocycles. The number of amides is 1. The number of nitriles is 1. The second-order valence-electron chi connectivity index (χ2n) is 5.49. The summed E-state index contributed by atoms with van der Waals surface area (Å²) in [5.41, 5.74) is 2.51. The van der Waals surface area contributed by atoms with Crippen LogP contribution >= 0.6 is 11.8 Å². The van der Waals surface area contributed by atoms with Gasteiger partial charge in [-0.05, 0) is 50.5 Å². The molecule has 0 saturated carbocycles. The van der Waals surface area contributed by atoms with Crippen molar-refractivity contribution < 1.29 is 4.79 Å². The second kappa shape index (κ2) is 9.78. The number of thioether (sulfide) groups is 1. The average molecular weight is 342 g/mol. The van der Waals surface area contributed by atoms with E-state index in [1.165, 1.54) is 30.2 Å². The highest BCUT2D eigenvalue weighted by Gasteiger charge is 2.11. The molecule has 0 heterocycles. The maximum Gasteiger partial charge on any atom is 0.253 e. The van der Waals surface area contributed by atoms with Gasteiger partial charge in [0, 0.05) is 6.54 Å². The molecule has 1 aliphatic carbocycles. The molecule has 1 amide bonds. The van der Waals surface area contributed by atoms with Gasteiger partial charge < -0.3 is 5.32 Å². The Balaban J connectivity index is 2.01. The molecule has 1 aliphatic rings. The molecule has 1 aromatic rings. The first-order chi connectivity index (χ1) is 11.7. The molecule has 2 rings (SSSR count). The Morgan fingerprint density at radius 2 is 2.21 bits per heavy atom. The smallest absolute Gasteiger partial charge is 0.253 e. The van der Waals surface area contributed by atoms with Crippen LogP contribution in [0.3, 0.4) is 0 Å². The molecular weight excluding hydrogens is 320 g/mol. The minimum Gasteiger partial charge on any atom is -0.352 e. The van der Waals surface area contributed by atoms with Crippen molar-refractivity contribution in [2.45, 2.75) is 32.1 Å². The van der Waals surface area contributed by atoms with E-state index in [1.807, 2.05) is 24.6 Å². The van der Waals surface area contributed by atoms with Gasteiger partial charge in [-0.1, -0.05) is 35.5 Å². The fraction of sp³-hybridized carbons (Fsp3) is 0.389. The van der Waals surface area contributed by atoms with Crippen LogP contribution < -0.4 is 10.6 Å². The summed E-state index contributed by atoms with van der Waals surface area (Å²) in [6, 6.07) is 7.16. The molecule has 126 valence electrons.